The van der Waals surface area contributed by atoms with Crippen molar-refractivity contribution in [2.45, 2.75) is 360 Å². The zero-order valence-electron chi connectivity index (χ0n) is 49.6. The number of carbonyl (C=O) groups excluding carboxylic acids is 2. The minimum atomic E-state index is -0.847. The summed E-state index contributed by atoms with van der Waals surface area (Å²) in [5.74, 6) is -0.0638. The molecule has 0 aliphatic carbocycles. The third kappa shape index (κ3) is 59.1. The van der Waals surface area contributed by atoms with Gasteiger partial charge in [0.05, 0.1) is 25.4 Å². The van der Waals surface area contributed by atoms with Crippen LogP contribution < -0.4 is 5.32 Å². The molecule has 6 heteroatoms. The quantitative estimate of drug-likeness (QED) is 0.0320. The predicted molar refractivity (Wildman–Crippen MR) is 324 cm³/mol. The lowest BCUT2D eigenvalue weighted by Gasteiger charge is -2.20. The molecule has 0 radical (unpaired) electrons. The lowest BCUT2D eigenvalue weighted by Crippen LogP contribution is -2.45. The van der Waals surface area contributed by atoms with Gasteiger partial charge in [-0.2, -0.15) is 0 Å². The third-order valence-electron chi connectivity index (χ3n) is 15.1. The Bertz CT molecular complexity index is 1240. The predicted octanol–water partition coefficient (Wildman–Crippen LogP) is 20.9. The number of nitrogens with one attached hydrogen (secondary N) is 1. The molecule has 0 aliphatic heterocycles. The first-order chi connectivity index (χ1) is 36.5. The number of amides is 1. The highest BCUT2D eigenvalue weighted by Gasteiger charge is 2.18. The number of carbonyl (C=O) groups is 2. The van der Waals surface area contributed by atoms with Gasteiger partial charge in [0.25, 0.3) is 0 Å². The van der Waals surface area contributed by atoms with Gasteiger partial charge < -0.3 is 20.3 Å². The van der Waals surface area contributed by atoms with Crippen molar-refractivity contribution >= 4 is 11.9 Å². The summed E-state index contributed by atoms with van der Waals surface area (Å²) in [7, 11) is 0. The molecule has 0 spiro atoms. The highest BCUT2D eigenvalue weighted by molar-refractivity contribution is 5.76. The van der Waals surface area contributed by atoms with E-state index < -0.39 is 12.1 Å². The molecule has 434 valence electrons. The zero-order valence-corrected chi connectivity index (χ0v) is 49.6. The Morgan fingerprint density at radius 2 is 0.676 bits per heavy atom. The lowest BCUT2D eigenvalue weighted by atomic mass is 10.0. The van der Waals surface area contributed by atoms with Gasteiger partial charge in [0.1, 0.15) is 0 Å². The van der Waals surface area contributed by atoms with Gasteiger partial charge >= 0.3 is 5.97 Å². The molecule has 2 unspecified atom stereocenters. The van der Waals surface area contributed by atoms with E-state index >= 15 is 0 Å². The van der Waals surface area contributed by atoms with E-state index in [1.165, 1.54) is 270 Å². The molecule has 0 heterocycles. The number of aliphatic hydroxyl groups is 2. The molecule has 0 aliphatic rings. The molecule has 0 saturated heterocycles. The van der Waals surface area contributed by atoms with Gasteiger partial charge in [0, 0.05) is 12.8 Å². The highest BCUT2D eigenvalue weighted by Crippen LogP contribution is 2.17. The first-order valence-corrected chi connectivity index (χ1v) is 32.9. The minimum absolute atomic E-state index is 0.00817. The maximum absolute atomic E-state index is 12.5. The Morgan fingerprint density at radius 1 is 0.378 bits per heavy atom. The van der Waals surface area contributed by atoms with E-state index in [9.17, 15) is 19.8 Å². The molecule has 0 aromatic carbocycles. The van der Waals surface area contributed by atoms with Crippen LogP contribution in [0.2, 0.25) is 0 Å². The summed E-state index contributed by atoms with van der Waals surface area (Å²) in [6.45, 7) is 4.89. The van der Waals surface area contributed by atoms with E-state index in [2.05, 4.69) is 55.6 Å². The van der Waals surface area contributed by atoms with Crippen molar-refractivity contribution in [2.24, 2.45) is 0 Å². The van der Waals surface area contributed by atoms with Crippen LogP contribution in [-0.2, 0) is 14.3 Å². The molecule has 74 heavy (non-hydrogen) atoms. The first kappa shape index (κ1) is 71.8. The van der Waals surface area contributed by atoms with Crippen LogP contribution in [0.5, 0.6) is 0 Å². The number of unbranched alkanes of at least 4 members (excludes halogenated alkanes) is 44. The Kier molecular flexibility index (Phi) is 61.5. The fourth-order valence-electron chi connectivity index (χ4n) is 10.0. The Balaban J connectivity index is 3.41. The van der Waals surface area contributed by atoms with E-state index in [0.29, 0.717) is 19.4 Å². The summed E-state index contributed by atoms with van der Waals surface area (Å²) in [6, 6.07) is -0.631. The minimum Gasteiger partial charge on any atom is -0.466 e. The van der Waals surface area contributed by atoms with Crippen LogP contribution in [0.1, 0.15) is 348 Å². The molecule has 0 fully saturated rings. The molecule has 0 bridgehead atoms. The SMILES string of the molecule is CCCCC/C=C\C/C=C\CCCCCCCCCCCC(=O)OCCCCCCCCCCCCCC/C=C\CCCCCCCCCCC(=O)NC(CO)C(O)/C=C/CCCCCCCCCCCCCC. The topological polar surface area (TPSA) is 95.9 Å². The van der Waals surface area contributed by atoms with Gasteiger partial charge in [0.2, 0.25) is 5.91 Å². The smallest absolute Gasteiger partial charge is 0.305 e. The summed E-state index contributed by atoms with van der Waals surface area (Å²) in [5.41, 5.74) is 0. The first-order valence-electron chi connectivity index (χ1n) is 32.9. The van der Waals surface area contributed by atoms with E-state index in [0.717, 1.165) is 51.4 Å². The monoisotopic (exact) mass is 1040 g/mol. The van der Waals surface area contributed by atoms with Crippen molar-refractivity contribution in [3.63, 3.8) is 0 Å². The van der Waals surface area contributed by atoms with Gasteiger partial charge in [0.15, 0.2) is 0 Å². The van der Waals surface area contributed by atoms with E-state index in [-0.39, 0.29) is 18.5 Å². The third-order valence-corrected chi connectivity index (χ3v) is 15.1. The van der Waals surface area contributed by atoms with Crippen LogP contribution in [0, 0.1) is 0 Å². The molecule has 0 rings (SSSR count). The lowest BCUT2D eigenvalue weighted by molar-refractivity contribution is -0.143. The number of hydrogen-bond donors (Lipinski definition) is 3. The largest absolute Gasteiger partial charge is 0.466 e. The number of allylic oxidation sites excluding steroid dienone is 7. The molecule has 0 aromatic heterocycles. The fraction of sp³-hybridized carbons (Fsp3) is 0.853. The molecular formula is C68H127NO5. The van der Waals surface area contributed by atoms with Crippen LogP contribution in [0.3, 0.4) is 0 Å². The van der Waals surface area contributed by atoms with Crippen LogP contribution in [-0.4, -0.2) is 47.4 Å². The van der Waals surface area contributed by atoms with Gasteiger partial charge in [-0.1, -0.05) is 294 Å². The maximum atomic E-state index is 12.5. The fourth-order valence-corrected chi connectivity index (χ4v) is 10.0. The normalized spacial score (nSPS) is 12.9. The number of aliphatic hydroxyl groups excluding tert-OH is 2. The van der Waals surface area contributed by atoms with Crippen molar-refractivity contribution in [3.05, 3.63) is 48.6 Å². The number of rotatable bonds is 61. The van der Waals surface area contributed by atoms with Crippen LogP contribution in [0.15, 0.2) is 48.6 Å². The van der Waals surface area contributed by atoms with Gasteiger partial charge in [-0.05, 0) is 89.9 Å². The summed E-state index contributed by atoms with van der Waals surface area (Å²) in [5, 5.41) is 23.1. The molecule has 1 amide bonds. The standard InChI is InChI=1S/C68H127NO5/c1-3-5-7-9-11-13-15-17-19-20-27-31-34-38-42-46-50-54-58-62-68(73)74-63-59-55-51-47-43-39-35-32-29-26-24-22-21-23-25-28-30-33-37-41-45-49-53-57-61-67(72)69-65(64-70)66(71)60-56-52-48-44-40-36-18-16-14-12-10-8-6-4-2/h11,13,17,19,23,25,56,60,65-66,70-71H,3-10,12,14-16,18,20-22,24,26-55,57-59,61-64H2,1-2H3,(H,69,72)/b13-11-,19-17-,25-23-,60-56+. The van der Waals surface area contributed by atoms with Crippen LogP contribution >= 0.6 is 0 Å². The number of esters is 1. The average molecular weight is 1040 g/mol. The molecule has 0 saturated carbocycles. The van der Waals surface area contributed by atoms with Gasteiger partial charge in [-0.25, -0.2) is 0 Å². The summed E-state index contributed by atoms with van der Waals surface area (Å²) in [4.78, 5) is 24.6. The molecule has 6 nitrogen and oxygen atoms in total. The van der Waals surface area contributed by atoms with E-state index in [1.54, 1.807) is 6.08 Å². The summed E-state index contributed by atoms with van der Waals surface area (Å²) >= 11 is 0. The Morgan fingerprint density at radius 3 is 1.07 bits per heavy atom. The number of hydrogen-bond acceptors (Lipinski definition) is 5. The van der Waals surface area contributed by atoms with Crippen molar-refractivity contribution in [2.75, 3.05) is 13.2 Å². The second-order valence-electron chi connectivity index (χ2n) is 22.4. The molecule has 0 aromatic rings. The second-order valence-corrected chi connectivity index (χ2v) is 22.4. The zero-order chi connectivity index (χ0) is 53.6. The van der Waals surface area contributed by atoms with Crippen molar-refractivity contribution in [1.82, 2.24) is 5.32 Å². The summed E-state index contributed by atoms with van der Waals surface area (Å²) in [6.07, 6.45) is 81.6. The van der Waals surface area contributed by atoms with E-state index in [4.69, 9.17) is 4.74 Å². The molecular weight excluding hydrogens is 911 g/mol. The average Bonchev–Trinajstić information content (AvgIpc) is 3.40. The summed E-state index contributed by atoms with van der Waals surface area (Å²) < 4.78 is 5.50. The van der Waals surface area contributed by atoms with Crippen molar-refractivity contribution in [3.8, 4) is 0 Å². The van der Waals surface area contributed by atoms with Crippen molar-refractivity contribution < 1.29 is 24.5 Å². The van der Waals surface area contributed by atoms with Crippen LogP contribution in [0.25, 0.3) is 0 Å². The van der Waals surface area contributed by atoms with Crippen LogP contribution in [0.4, 0.5) is 0 Å². The maximum Gasteiger partial charge on any atom is 0.305 e. The van der Waals surface area contributed by atoms with Gasteiger partial charge in [-0.15, -0.1) is 0 Å². The molecule has 3 N–H and O–H groups in total. The molecule has 2 atom stereocenters. The second kappa shape index (κ2) is 63.4. The van der Waals surface area contributed by atoms with Gasteiger partial charge in [-0.3, -0.25) is 9.59 Å². The van der Waals surface area contributed by atoms with E-state index in [1.807, 2.05) is 6.08 Å². The number of ether oxygens (including phenoxy) is 1. The Hall–Kier alpha value is -2.18. The Labute approximate surface area is 461 Å². The van der Waals surface area contributed by atoms with Crippen molar-refractivity contribution in [1.29, 1.82) is 0 Å². The highest BCUT2D eigenvalue weighted by atomic mass is 16.5.